The topological polar surface area (TPSA) is 65.7 Å². The van der Waals surface area contributed by atoms with Gasteiger partial charge in [-0.25, -0.2) is 4.98 Å². The van der Waals surface area contributed by atoms with Crippen LogP contribution < -0.4 is 15.0 Å². The van der Waals surface area contributed by atoms with Crippen LogP contribution in [0.2, 0.25) is 0 Å². The molecule has 0 atom stereocenters. The van der Waals surface area contributed by atoms with Gasteiger partial charge in [0.25, 0.3) is 5.56 Å². The number of benzene rings is 3. The van der Waals surface area contributed by atoms with Gasteiger partial charge in [0.15, 0.2) is 17.3 Å². The summed E-state index contributed by atoms with van der Waals surface area (Å²) in [7, 11) is 1.50. The van der Waals surface area contributed by atoms with Crippen LogP contribution in [0.15, 0.2) is 75.0 Å². The molecule has 36 heavy (non-hydrogen) atoms. The van der Waals surface area contributed by atoms with Crippen molar-refractivity contribution >= 4 is 33.0 Å². The molecular formula is C26H21BrF3N3O3. The van der Waals surface area contributed by atoms with Crippen molar-refractivity contribution in [1.29, 1.82) is 0 Å². The van der Waals surface area contributed by atoms with Crippen molar-refractivity contribution in [2.75, 3.05) is 7.11 Å². The number of nitrogens with zero attached hydrogens (tertiary/aromatic N) is 3. The fraction of sp³-hybridized carbons (Fsp3) is 0.192. The van der Waals surface area contributed by atoms with Gasteiger partial charge in [-0.1, -0.05) is 40.2 Å². The van der Waals surface area contributed by atoms with E-state index in [1.807, 2.05) is 13.8 Å². The molecule has 3 aromatic carbocycles. The lowest BCUT2D eigenvalue weighted by atomic mass is 10.1. The summed E-state index contributed by atoms with van der Waals surface area (Å²) in [6, 6.07) is 14.7. The molecule has 186 valence electrons. The highest BCUT2D eigenvalue weighted by molar-refractivity contribution is 9.10. The van der Waals surface area contributed by atoms with Crippen LogP contribution in [-0.2, 0) is 6.18 Å². The normalized spacial score (nSPS) is 12.0. The monoisotopic (exact) mass is 559 g/mol. The Bertz CT molecular complexity index is 1510. The summed E-state index contributed by atoms with van der Waals surface area (Å²) in [5.41, 5.74) is -0.463. The molecular weight excluding hydrogens is 539 g/mol. The Morgan fingerprint density at radius 1 is 1.08 bits per heavy atom. The van der Waals surface area contributed by atoms with E-state index < -0.39 is 17.3 Å². The predicted molar refractivity (Wildman–Crippen MR) is 136 cm³/mol. The zero-order valence-corrected chi connectivity index (χ0v) is 21.1. The Morgan fingerprint density at radius 3 is 2.53 bits per heavy atom. The molecule has 0 aliphatic rings. The van der Waals surface area contributed by atoms with Gasteiger partial charge in [0.1, 0.15) is 0 Å². The van der Waals surface area contributed by atoms with Crippen molar-refractivity contribution in [1.82, 2.24) is 9.66 Å². The molecule has 4 aromatic rings. The lowest BCUT2D eigenvalue weighted by Gasteiger charge is -2.16. The first-order chi connectivity index (χ1) is 17.1. The number of halogens is 4. The molecule has 1 heterocycles. The molecule has 0 aliphatic carbocycles. The van der Waals surface area contributed by atoms with Crippen LogP contribution in [0.3, 0.4) is 0 Å². The average Bonchev–Trinajstić information content (AvgIpc) is 2.84. The van der Waals surface area contributed by atoms with Gasteiger partial charge in [-0.15, -0.1) is 0 Å². The minimum absolute atomic E-state index is 0.0330. The van der Waals surface area contributed by atoms with Crippen molar-refractivity contribution < 1.29 is 22.6 Å². The Labute approximate surface area is 213 Å². The minimum Gasteiger partial charge on any atom is -0.493 e. The highest BCUT2D eigenvalue weighted by Crippen LogP contribution is 2.35. The third kappa shape index (κ3) is 5.28. The molecule has 0 unspecified atom stereocenters. The molecule has 0 radical (unpaired) electrons. The summed E-state index contributed by atoms with van der Waals surface area (Å²) < 4.78 is 53.2. The maximum absolute atomic E-state index is 13.4. The second-order valence-corrected chi connectivity index (χ2v) is 9.00. The van der Waals surface area contributed by atoms with E-state index in [4.69, 9.17) is 9.47 Å². The van der Waals surface area contributed by atoms with Crippen LogP contribution in [0.1, 0.15) is 25.0 Å². The summed E-state index contributed by atoms with van der Waals surface area (Å²) in [6.45, 7) is 3.71. The van der Waals surface area contributed by atoms with E-state index >= 15 is 0 Å². The van der Waals surface area contributed by atoms with Crippen LogP contribution in [0.25, 0.3) is 22.3 Å². The molecule has 6 nitrogen and oxygen atoms in total. The molecule has 0 spiro atoms. The molecule has 1 aromatic heterocycles. The van der Waals surface area contributed by atoms with Crippen LogP contribution in [-0.4, -0.2) is 29.1 Å². The van der Waals surface area contributed by atoms with E-state index in [-0.39, 0.29) is 22.9 Å². The molecule has 0 bridgehead atoms. The Balaban J connectivity index is 1.95. The van der Waals surface area contributed by atoms with E-state index in [1.54, 1.807) is 36.4 Å². The van der Waals surface area contributed by atoms with E-state index in [1.165, 1.54) is 25.5 Å². The van der Waals surface area contributed by atoms with Gasteiger partial charge in [-0.3, -0.25) is 4.79 Å². The first-order valence-corrected chi connectivity index (χ1v) is 11.7. The number of para-hydroxylation sites is 1. The number of ether oxygens (including phenoxy) is 2. The molecule has 0 saturated heterocycles. The SMILES string of the molecule is COc1cc(Br)cc(C=Nn2c(-c3cccc(C(F)(F)F)c3)nc3ccccc3c2=O)c1OC(C)C. The second-order valence-electron chi connectivity index (χ2n) is 8.09. The van der Waals surface area contributed by atoms with Crippen molar-refractivity contribution in [3.63, 3.8) is 0 Å². The van der Waals surface area contributed by atoms with Crippen molar-refractivity contribution in [3.8, 4) is 22.9 Å². The smallest absolute Gasteiger partial charge is 0.416 e. The van der Waals surface area contributed by atoms with Crippen LogP contribution in [0.5, 0.6) is 11.5 Å². The van der Waals surface area contributed by atoms with Gasteiger partial charge in [-0.2, -0.15) is 22.9 Å². The summed E-state index contributed by atoms with van der Waals surface area (Å²) in [5.74, 6) is 0.817. The number of methoxy groups -OCH3 is 1. The zero-order chi connectivity index (χ0) is 26.0. The molecule has 0 N–H and O–H groups in total. The molecule has 0 aliphatic heterocycles. The lowest BCUT2D eigenvalue weighted by Crippen LogP contribution is -2.20. The van der Waals surface area contributed by atoms with E-state index in [9.17, 15) is 18.0 Å². The molecule has 0 amide bonds. The molecule has 0 fully saturated rings. The first-order valence-electron chi connectivity index (χ1n) is 10.9. The Kier molecular flexibility index (Phi) is 7.16. The summed E-state index contributed by atoms with van der Waals surface area (Å²) in [6.07, 6.45) is -3.35. The second kappa shape index (κ2) is 10.1. The Morgan fingerprint density at radius 2 is 1.83 bits per heavy atom. The number of alkyl halides is 3. The van der Waals surface area contributed by atoms with Gasteiger partial charge in [-0.05, 0) is 50.2 Å². The Hall–Kier alpha value is -3.66. The molecule has 10 heteroatoms. The first kappa shape index (κ1) is 25.4. The molecule has 0 saturated carbocycles. The fourth-order valence-corrected chi connectivity index (χ4v) is 4.02. The maximum Gasteiger partial charge on any atom is 0.416 e. The van der Waals surface area contributed by atoms with E-state index in [2.05, 4.69) is 26.0 Å². The highest BCUT2D eigenvalue weighted by Gasteiger charge is 2.31. The van der Waals surface area contributed by atoms with Crippen molar-refractivity contribution in [2.45, 2.75) is 26.1 Å². The number of aromatic nitrogens is 2. The zero-order valence-electron chi connectivity index (χ0n) is 19.5. The van der Waals surface area contributed by atoms with Gasteiger partial charge in [0.05, 0.1) is 35.9 Å². The lowest BCUT2D eigenvalue weighted by molar-refractivity contribution is -0.137. The number of hydrogen-bond donors (Lipinski definition) is 0. The number of hydrogen-bond acceptors (Lipinski definition) is 5. The van der Waals surface area contributed by atoms with Gasteiger partial charge >= 0.3 is 6.18 Å². The fourth-order valence-electron chi connectivity index (χ4n) is 3.57. The van der Waals surface area contributed by atoms with E-state index in [0.29, 0.717) is 27.1 Å². The standard InChI is InChI=1S/C26H21BrF3N3O3/c1-15(2)36-23-17(12-19(27)13-22(23)35-3)14-31-33-24(16-7-6-8-18(11-16)26(28,29)30)32-21-10-5-4-9-20(21)25(33)34/h4-15H,1-3H3. The van der Waals surface area contributed by atoms with Crippen LogP contribution in [0, 0.1) is 0 Å². The van der Waals surface area contributed by atoms with Gasteiger partial charge in [0.2, 0.25) is 0 Å². The van der Waals surface area contributed by atoms with Gasteiger partial charge < -0.3 is 9.47 Å². The third-order valence-corrected chi connectivity index (χ3v) is 5.59. The summed E-state index contributed by atoms with van der Waals surface area (Å²) in [5, 5.41) is 4.63. The van der Waals surface area contributed by atoms with Crippen molar-refractivity contribution in [2.24, 2.45) is 5.10 Å². The largest absolute Gasteiger partial charge is 0.493 e. The summed E-state index contributed by atoms with van der Waals surface area (Å²) in [4.78, 5) is 17.9. The number of fused-ring (bicyclic) bond motifs is 1. The highest BCUT2D eigenvalue weighted by atomic mass is 79.9. The van der Waals surface area contributed by atoms with Crippen molar-refractivity contribution in [3.05, 3.63) is 86.6 Å². The van der Waals surface area contributed by atoms with Crippen LogP contribution in [0.4, 0.5) is 13.2 Å². The van der Waals surface area contributed by atoms with Crippen LogP contribution >= 0.6 is 15.9 Å². The average molecular weight is 560 g/mol. The predicted octanol–water partition coefficient (Wildman–Crippen LogP) is 6.52. The maximum atomic E-state index is 13.4. The molecule has 4 rings (SSSR count). The number of rotatable bonds is 6. The third-order valence-electron chi connectivity index (χ3n) is 5.14. The quantitative estimate of drug-likeness (QED) is 0.252. The van der Waals surface area contributed by atoms with E-state index in [0.717, 1.165) is 16.8 Å². The minimum atomic E-state index is -4.56. The van der Waals surface area contributed by atoms with Gasteiger partial charge in [0, 0.05) is 15.6 Å². The summed E-state index contributed by atoms with van der Waals surface area (Å²) >= 11 is 3.42.